The van der Waals surface area contributed by atoms with E-state index in [0.29, 0.717) is 0 Å². The Bertz CT molecular complexity index is 5980. The van der Waals surface area contributed by atoms with Crippen molar-refractivity contribution < 1.29 is 17.7 Å². The lowest BCUT2D eigenvalue weighted by molar-refractivity contribution is 0.669. The van der Waals surface area contributed by atoms with E-state index in [2.05, 4.69) is 218 Å². The number of furan rings is 4. The Labute approximate surface area is 466 Å². The van der Waals surface area contributed by atoms with Crippen LogP contribution in [0.4, 0.5) is 0 Å². The molecule has 0 N–H and O–H groups in total. The van der Waals surface area contributed by atoms with Gasteiger partial charge in [0.1, 0.15) is 44.7 Å². The van der Waals surface area contributed by atoms with Crippen molar-refractivity contribution in [1.29, 1.82) is 0 Å². The van der Waals surface area contributed by atoms with Crippen LogP contribution in [0.15, 0.2) is 236 Å². The van der Waals surface area contributed by atoms with Crippen molar-refractivity contribution in [2.45, 2.75) is 0 Å². The fraction of sp³-hybridized carbons (Fsp3) is 0. The largest absolute Gasteiger partial charge is 0.456 e. The summed E-state index contributed by atoms with van der Waals surface area (Å²) in [5.74, 6) is 0. The van der Waals surface area contributed by atoms with E-state index in [1.807, 2.05) is 0 Å². The van der Waals surface area contributed by atoms with Crippen molar-refractivity contribution >= 4 is 177 Å². The Kier molecular flexibility index (Phi) is 7.12. The van der Waals surface area contributed by atoms with Crippen LogP contribution in [0.3, 0.4) is 0 Å². The highest BCUT2D eigenvalue weighted by atomic mass is 16.3. The van der Waals surface area contributed by atoms with Crippen molar-refractivity contribution in [3.8, 4) is 55.6 Å². The quantitative estimate of drug-likeness (QED) is 0.154. The van der Waals surface area contributed by atoms with Gasteiger partial charge in [-0.1, -0.05) is 191 Å². The zero-order valence-electron chi connectivity index (χ0n) is 43.6. The first-order chi connectivity index (χ1) is 40.7. The standard InChI is InChI=1S/C76H36B2O4/c1-5-25-56-43(14-1)68-47-20-10-18-41-51-31-39(32-52-42-19-11-21-48-67(42)55(36-63-69(48)44-15-2-6-26-57(44)82-63)77(75(51)52)54(66(41)47)35-62(68)81-56)40-30-29-38-34-61-71(46-17-4-8-28-59(46)80-61)73-50-23-12-22-49-72-64-37(33-60-70(72)45-16-3-7-27-58(45)79-60)13-9-24-53(64)78(74(49)50)76(40)65(38)73/h1-36H. The van der Waals surface area contributed by atoms with Gasteiger partial charge in [-0.05, 0) is 148 Å². The van der Waals surface area contributed by atoms with Crippen LogP contribution in [0.2, 0.25) is 0 Å². The second kappa shape index (κ2) is 14.1. The monoisotopic (exact) mass is 1030 g/mol. The van der Waals surface area contributed by atoms with Gasteiger partial charge in [0.2, 0.25) is 13.4 Å². The first-order valence-corrected chi connectivity index (χ1v) is 28.5. The van der Waals surface area contributed by atoms with Crippen molar-refractivity contribution in [1.82, 2.24) is 0 Å². The summed E-state index contributed by atoms with van der Waals surface area (Å²) >= 11 is 0. The molecule has 0 aliphatic carbocycles. The molecule has 0 bridgehead atoms. The molecule has 0 fully saturated rings. The number of para-hydroxylation sites is 4. The fourth-order valence-corrected chi connectivity index (χ4v) is 16.9. The van der Waals surface area contributed by atoms with Gasteiger partial charge in [0, 0.05) is 54.2 Å². The third kappa shape index (κ3) is 4.72. The van der Waals surface area contributed by atoms with Crippen molar-refractivity contribution in [2.24, 2.45) is 0 Å². The van der Waals surface area contributed by atoms with Crippen LogP contribution in [-0.2, 0) is 0 Å². The Morgan fingerprint density at radius 1 is 0.220 bits per heavy atom. The van der Waals surface area contributed by atoms with Crippen molar-refractivity contribution in [3.05, 3.63) is 218 Å². The SMILES string of the molecule is c1cc2c3c(c1)-c1c4c(c(-c5cc6c7c(c5)-c5cccc8c5c(cc5oc9ccccc9c58)B7c5cc7oc8ccccc8c7c7cccc-6c57)ccc4cc4oc5ccccc5c14)B3c1cccc3cc4oc5ccccc5c4c-2c13. The van der Waals surface area contributed by atoms with Crippen LogP contribution in [0.1, 0.15) is 0 Å². The molecule has 0 saturated carbocycles. The van der Waals surface area contributed by atoms with Gasteiger partial charge in [0.25, 0.3) is 0 Å². The topological polar surface area (TPSA) is 52.6 Å². The van der Waals surface area contributed by atoms with E-state index in [1.165, 1.54) is 137 Å². The van der Waals surface area contributed by atoms with E-state index in [1.54, 1.807) is 0 Å². The lowest BCUT2D eigenvalue weighted by atomic mass is 9.30. The third-order valence-corrected chi connectivity index (χ3v) is 19.8. The summed E-state index contributed by atoms with van der Waals surface area (Å²) in [7, 11) is 0. The summed E-state index contributed by atoms with van der Waals surface area (Å²) in [6.45, 7) is -0.204. The van der Waals surface area contributed by atoms with Crippen LogP contribution < -0.4 is 32.8 Å². The minimum Gasteiger partial charge on any atom is -0.456 e. The molecule has 370 valence electrons. The summed E-state index contributed by atoms with van der Waals surface area (Å²) in [5.41, 5.74) is 27.6. The molecule has 14 aromatic carbocycles. The number of hydrogen-bond acceptors (Lipinski definition) is 4. The van der Waals surface area contributed by atoms with Crippen molar-refractivity contribution in [3.63, 3.8) is 0 Å². The average molecular weight is 1030 g/mol. The number of fused-ring (bicyclic) bond motifs is 24. The maximum atomic E-state index is 6.88. The summed E-state index contributed by atoms with van der Waals surface area (Å²) in [6, 6.07) is 81.5. The van der Waals surface area contributed by atoms with Crippen LogP contribution >= 0.6 is 0 Å². The van der Waals surface area contributed by atoms with E-state index < -0.39 is 0 Å². The van der Waals surface area contributed by atoms with Gasteiger partial charge in [0.05, 0.1) is 0 Å². The Morgan fingerprint density at radius 3 is 1.20 bits per heavy atom. The Balaban J connectivity index is 0.921. The fourth-order valence-electron chi connectivity index (χ4n) is 16.9. The molecule has 22 rings (SSSR count). The highest BCUT2D eigenvalue weighted by Gasteiger charge is 2.44. The molecule has 18 aromatic rings. The average Bonchev–Trinajstić information content (AvgIpc) is 1.50. The number of hydrogen-bond donors (Lipinski definition) is 0. The van der Waals surface area contributed by atoms with Crippen LogP contribution in [0, 0.1) is 0 Å². The minimum absolute atomic E-state index is 0.0985. The zero-order chi connectivity index (χ0) is 52.5. The number of rotatable bonds is 1. The van der Waals surface area contributed by atoms with Gasteiger partial charge in [-0.15, -0.1) is 0 Å². The van der Waals surface area contributed by atoms with Gasteiger partial charge in [-0.25, -0.2) is 0 Å². The second-order valence-electron chi connectivity index (χ2n) is 23.5. The first-order valence-electron chi connectivity index (χ1n) is 28.5. The molecule has 0 amide bonds. The molecule has 0 unspecified atom stereocenters. The number of benzene rings is 14. The minimum atomic E-state index is -0.106. The molecule has 8 heterocycles. The van der Waals surface area contributed by atoms with E-state index in [9.17, 15) is 0 Å². The van der Waals surface area contributed by atoms with Gasteiger partial charge in [0.15, 0.2) is 0 Å². The van der Waals surface area contributed by atoms with E-state index in [0.717, 1.165) is 82.4 Å². The highest BCUT2D eigenvalue weighted by molar-refractivity contribution is 7.03. The molecule has 4 aliphatic rings. The maximum Gasteiger partial charge on any atom is 0.245 e. The zero-order valence-corrected chi connectivity index (χ0v) is 43.6. The molecule has 0 spiro atoms. The molecular weight excluding hydrogens is 998 g/mol. The van der Waals surface area contributed by atoms with E-state index in [4.69, 9.17) is 17.7 Å². The van der Waals surface area contributed by atoms with Crippen LogP contribution in [0.25, 0.3) is 186 Å². The predicted octanol–water partition coefficient (Wildman–Crippen LogP) is 16.5. The highest BCUT2D eigenvalue weighted by Crippen LogP contribution is 2.51. The third-order valence-electron chi connectivity index (χ3n) is 19.8. The van der Waals surface area contributed by atoms with Gasteiger partial charge < -0.3 is 17.7 Å². The molecule has 0 atom stereocenters. The molecule has 4 aliphatic heterocycles. The van der Waals surface area contributed by atoms with E-state index >= 15 is 0 Å². The molecular formula is C76H36B2O4. The van der Waals surface area contributed by atoms with Crippen LogP contribution in [-0.4, -0.2) is 13.4 Å². The molecule has 0 saturated heterocycles. The second-order valence-corrected chi connectivity index (χ2v) is 23.5. The van der Waals surface area contributed by atoms with Crippen molar-refractivity contribution in [2.75, 3.05) is 0 Å². The molecule has 4 aromatic heterocycles. The van der Waals surface area contributed by atoms with Gasteiger partial charge in [-0.2, -0.15) is 0 Å². The first kappa shape index (κ1) is 41.5. The molecule has 4 nitrogen and oxygen atoms in total. The predicted molar refractivity (Wildman–Crippen MR) is 342 cm³/mol. The lowest BCUT2D eigenvalue weighted by Gasteiger charge is -2.37. The van der Waals surface area contributed by atoms with E-state index in [-0.39, 0.29) is 13.4 Å². The van der Waals surface area contributed by atoms with Gasteiger partial charge in [-0.3, -0.25) is 0 Å². The molecule has 0 radical (unpaired) electrons. The maximum absolute atomic E-state index is 6.88. The normalized spacial score (nSPS) is 13.6. The smallest absolute Gasteiger partial charge is 0.245 e. The summed E-state index contributed by atoms with van der Waals surface area (Å²) in [4.78, 5) is 0. The Hall–Kier alpha value is -10.6. The summed E-state index contributed by atoms with van der Waals surface area (Å²) < 4.78 is 27.4. The Morgan fingerprint density at radius 2 is 0.646 bits per heavy atom. The summed E-state index contributed by atoms with van der Waals surface area (Å²) in [5, 5.41) is 19.1. The molecule has 82 heavy (non-hydrogen) atoms. The van der Waals surface area contributed by atoms with Gasteiger partial charge >= 0.3 is 0 Å². The molecule has 6 heteroatoms. The van der Waals surface area contributed by atoms with Crippen LogP contribution in [0.5, 0.6) is 0 Å². The summed E-state index contributed by atoms with van der Waals surface area (Å²) in [6.07, 6.45) is 0. The lowest BCUT2D eigenvalue weighted by Crippen LogP contribution is -2.58.